The molecule has 1 aromatic rings. The number of piperidine rings is 1. The normalized spacial score (nSPS) is 17.5. The van der Waals surface area contributed by atoms with Crippen molar-refractivity contribution < 1.29 is 19.0 Å². The van der Waals surface area contributed by atoms with Crippen LogP contribution in [0.1, 0.15) is 39.2 Å². The standard InChI is InChI=1S/C18H27FN2O3/c1-13-5-6-14(19)11-15(13)20-12-18(23)7-9-21(10-8-18)16(22)24-17(2,3)4/h5-6,11,20,23H,7-10,12H2,1-4H3. The van der Waals surface area contributed by atoms with Gasteiger partial charge in [-0.05, 0) is 58.2 Å². The molecule has 6 heteroatoms. The number of ether oxygens (including phenoxy) is 1. The summed E-state index contributed by atoms with van der Waals surface area (Å²) in [6, 6.07) is 4.54. The third-order valence-corrected chi connectivity index (χ3v) is 4.15. The Kier molecular flexibility index (Phi) is 5.38. The molecule has 1 aromatic carbocycles. The molecule has 0 bridgehead atoms. The highest BCUT2D eigenvalue weighted by Crippen LogP contribution is 2.25. The molecule has 0 spiro atoms. The molecule has 0 unspecified atom stereocenters. The highest BCUT2D eigenvalue weighted by Gasteiger charge is 2.35. The van der Waals surface area contributed by atoms with Crippen LogP contribution >= 0.6 is 0 Å². The zero-order chi connectivity index (χ0) is 18.0. The number of benzene rings is 1. The van der Waals surface area contributed by atoms with Crippen LogP contribution in [0, 0.1) is 12.7 Å². The van der Waals surface area contributed by atoms with Gasteiger partial charge in [0.25, 0.3) is 0 Å². The number of aliphatic hydroxyl groups is 1. The summed E-state index contributed by atoms with van der Waals surface area (Å²) in [5, 5.41) is 13.8. The Balaban J connectivity index is 1.88. The van der Waals surface area contributed by atoms with Gasteiger partial charge in [-0.1, -0.05) is 6.07 Å². The molecule has 1 aliphatic heterocycles. The second-order valence-electron chi connectivity index (χ2n) is 7.50. The minimum atomic E-state index is -0.919. The van der Waals surface area contributed by atoms with Gasteiger partial charge < -0.3 is 20.1 Å². The van der Waals surface area contributed by atoms with E-state index in [0.717, 1.165) is 5.56 Å². The summed E-state index contributed by atoms with van der Waals surface area (Å²) in [4.78, 5) is 13.7. The van der Waals surface area contributed by atoms with Crippen LogP contribution in [0.5, 0.6) is 0 Å². The van der Waals surface area contributed by atoms with Crippen molar-refractivity contribution in [3.63, 3.8) is 0 Å². The fourth-order valence-corrected chi connectivity index (χ4v) is 2.65. The number of likely N-dealkylation sites (tertiary alicyclic amines) is 1. The fourth-order valence-electron chi connectivity index (χ4n) is 2.65. The molecule has 0 aliphatic carbocycles. The Bertz CT molecular complexity index is 590. The number of nitrogens with zero attached hydrogens (tertiary/aromatic N) is 1. The average molecular weight is 338 g/mol. The van der Waals surface area contributed by atoms with E-state index >= 15 is 0 Å². The maximum Gasteiger partial charge on any atom is 0.410 e. The fraction of sp³-hybridized carbons (Fsp3) is 0.611. The number of carbonyl (C=O) groups is 1. The van der Waals surface area contributed by atoms with Crippen LogP contribution in [0.25, 0.3) is 0 Å². The lowest BCUT2D eigenvalue weighted by atomic mass is 9.91. The maximum atomic E-state index is 13.3. The lowest BCUT2D eigenvalue weighted by Gasteiger charge is -2.38. The van der Waals surface area contributed by atoms with Crippen molar-refractivity contribution in [3.05, 3.63) is 29.6 Å². The summed E-state index contributed by atoms with van der Waals surface area (Å²) in [7, 11) is 0. The summed E-state index contributed by atoms with van der Waals surface area (Å²) in [5.41, 5.74) is 0.155. The van der Waals surface area contributed by atoms with E-state index in [1.54, 1.807) is 11.0 Å². The van der Waals surface area contributed by atoms with Crippen molar-refractivity contribution in [2.45, 2.75) is 51.7 Å². The first kappa shape index (κ1) is 18.5. The molecule has 24 heavy (non-hydrogen) atoms. The molecule has 2 N–H and O–H groups in total. The number of hydrogen-bond acceptors (Lipinski definition) is 4. The van der Waals surface area contributed by atoms with Gasteiger partial charge in [-0.3, -0.25) is 0 Å². The molecule has 134 valence electrons. The molecule has 0 radical (unpaired) electrons. The second-order valence-corrected chi connectivity index (χ2v) is 7.50. The number of halogens is 1. The van der Waals surface area contributed by atoms with Crippen molar-refractivity contribution in [1.29, 1.82) is 0 Å². The Morgan fingerprint density at radius 3 is 2.58 bits per heavy atom. The molecular weight excluding hydrogens is 311 g/mol. The predicted octanol–water partition coefficient (Wildman–Crippen LogP) is 3.31. The summed E-state index contributed by atoms with van der Waals surface area (Å²) >= 11 is 0. The third kappa shape index (κ3) is 5.09. The van der Waals surface area contributed by atoms with E-state index in [0.29, 0.717) is 38.2 Å². The van der Waals surface area contributed by atoms with Crippen molar-refractivity contribution in [2.75, 3.05) is 25.0 Å². The van der Waals surface area contributed by atoms with Crippen LogP contribution < -0.4 is 5.32 Å². The largest absolute Gasteiger partial charge is 0.444 e. The zero-order valence-corrected chi connectivity index (χ0v) is 14.9. The minimum Gasteiger partial charge on any atom is -0.444 e. The monoisotopic (exact) mass is 338 g/mol. The number of amides is 1. The topological polar surface area (TPSA) is 61.8 Å². The quantitative estimate of drug-likeness (QED) is 0.888. The lowest BCUT2D eigenvalue weighted by molar-refractivity contribution is -0.0244. The zero-order valence-electron chi connectivity index (χ0n) is 14.9. The van der Waals surface area contributed by atoms with Crippen LogP contribution in [0.3, 0.4) is 0 Å². The maximum absolute atomic E-state index is 13.3. The summed E-state index contributed by atoms with van der Waals surface area (Å²) in [5.74, 6) is -0.310. The first-order chi connectivity index (χ1) is 11.1. The van der Waals surface area contributed by atoms with E-state index in [1.807, 2.05) is 27.7 Å². The van der Waals surface area contributed by atoms with Gasteiger partial charge in [-0.15, -0.1) is 0 Å². The molecule has 0 aromatic heterocycles. The van der Waals surface area contributed by atoms with Crippen LogP contribution in [-0.2, 0) is 4.74 Å². The molecule has 1 fully saturated rings. The second kappa shape index (κ2) is 6.97. The van der Waals surface area contributed by atoms with Gasteiger partial charge in [-0.2, -0.15) is 0 Å². The Labute approximate surface area is 142 Å². The molecule has 1 aliphatic rings. The average Bonchev–Trinajstić information content (AvgIpc) is 2.47. The number of anilines is 1. The highest BCUT2D eigenvalue weighted by molar-refractivity contribution is 5.68. The smallest absolute Gasteiger partial charge is 0.410 e. The number of aryl methyl sites for hydroxylation is 1. The van der Waals surface area contributed by atoms with Gasteiger partial charge in [0.2, 0.25) is 0 Å². The summed E-state index contributed by atoms with van der Waals surface area (Å²) < 4.78 is 18.7. The van der Waals surface area contributed by atoms with Crippen LogP contribution in [0.2, 0.25) is 0 Å². The molecular formula is C18H27FN2O3. The molecule has 5 nitrogen and oxygen atoms in total. The number of hydrogen-bond donors (Lipinski definition) is 2. The van der Waals surface area contributed by atoms with E-state index in [-0.39, 0.29) is 11.9 Å². The van der Waals surface area contributed by atoms with Gasteiger partial charge in [0.1, 0.15) is 11.4 Å². The first-order valence-corrected chi connectivity index (χ1v) is 8.28. The van der Waals surface area contributed by atoms with Gasteiger partial charge >= 0.3 is 6.09 Å². The first-order valence-electron chi connectivity index (χ1n) is 8.28. The van der Waals surface area contributed by atoms with Gasteiger partial charge in [0, 0.05) is 25.3 Å². The molecule has 0 saturated carbocycles. The van der Waals surface area contributed by atoms with Gasteiger partial charge in [0.15, 0.2) is 0 Å². The Morgan fingerprint density at radius 1 is 1.38 bits per heavy atom. The molecule has 2 rings (SSSR count). The van der Waals surface area contributed by atoms with Crippen molar-refractivity contribution in [3.8, 4) is 0 Å². The van der Waals surface area contributed by atoms with E-state index in [2.05, 4.69) is 5.32 Å². The highest BCUT2D eigenvalue weighted by atomic mass is 19.1. The Hall–Kier alpha value is -1.82. The van der Waals surface area contributed by atoms with E-state index in [4.69, 9.17) is 4.74 Å². The minimum absolute atomic E-state index is 0.310. The lowest BCUT2D eigenvalue weighted by Crippen LogP contribution is -2.50. The summed E-state index contributed by atoms with van der Waals surface area (Å²) in [6.07, 6.45) is 0.555. The van der Waals surface area contributed by atoms with Gasteiger partial charge in [0.05, 0.1) is 5.60 Å². The van der Waals surface area contributed by atoms with E-state index in [1.165, 1.54) is 12.1 Å². The van der Waals surface area contributed by atoms with E-state index in [9.17, 15) is 14.3 Å². The number of carbonyl (C=O) groups excluding carboxylic acids is 1. The number of nitrogens with one attached hydrogen (secondary N) is 1. The van der Waals surface area contributed by atoms with Crippen molar-refractivity contribution >= 4 is 11.8 Å². The molecule has 1 heterocycles. The van der Waals surface area contributed by atoms with Gasteiger partial charge in [-0.25, -0.2) is 9.18 Å². The van der Waals surface area contributed by atoms with Crippen molar-refractivity contribution in [1.82, 2.24) is 4.90 Å². The van der Waals surface area contributed by atoms with Crippen LogP contribution in [-0.4, -0.2) is 46.9 Å². The predicted molar refractivity (Wildman–Crippen MR) is 91.6 cm³/mol. The Morgan fingerprint density at radius 2 is 2.00 bits per heavy atom. The van der Waals surface area contributed by atoms with Crippen LogP contribution in [0.15, 0.2) is 18.2 Å². The molecule has 0 atom stereocenters. The van der Waals surface area contributed by atoms with Crippen LogP contribution in [0.4, 0.5) is 14.9 Å². The molecule has 1 saturated heterocycles. The third-order valence-electron chi connectivity index (χ3n) is 4.15. The number of rotatable bonds is 3. The van der Waals surface area contributed by atoms with Crippen molar-refractivity contribution in [2.24, 2.45) is 0 Å². The SMILES string of the molecule is Cc1ccc(F)cc1NCC1(O)CCN(C(=O)OC(C)(C)C)CC1. The molecule has 1 amide bonds. The summed E-state index contributed by atoms with van der Waals surface area (Å²) in [6.45, 7) is 8.57. The van der Waals surface area contributed by atoms with E-state index < -0.39 is 11.2 Å².